The molecule has 0 aliphatic carbocycles. The summed E-state index contributed by atoms with van der Waals surface area (Å²) in [5.41, 5.74) is 1.28. The molecule has 0 aliphatic rings. The summed E-state index contributed by atoms with van der Waals surface area (Å²) in [6.07, 6.45) is 6.51. The number of likely N-dealkylation sites (N-methyl/N-ethyl adjacent to an activating group) is 1. The van der Waals surface area contributed by atoms with E-state index in [2.05, 4.69) is 11.9 Å². The van der Waals surface area contributed by atoms with E-state index in [4.69, 9.17) is 5.41 Å². The number of nitrogens with zero attached hydrogens (tertiary/aromatic N) is 2. The van der Waals surface area contributed by atoms with Crippen LogP contribution in [0.5, 0.6) is 0 Å². The first-order valence-electron chi connectivity index (χ1n) is 5.41. The molecule has 3 nitrogen and oxygen atoms in total. The van der Waals surface area contributed by atoms with Gasteiger partial charge in [0.05, 0.1) is 5.84 Å². The first-order chi connectivity index (χ1) is 7.24. The minimum Gasteiger partial charge on any atom is -0.363 e. The quantitative estimate of drug-likeness (QED) is 0.592. The molecule has 0 amide bonds. The molecule has 3 heteroatoms. The van der Waals surface area contributed by atoms with Gasteiger partial charge < -0.3 is 4.90 Å². The topological polar surface area (TPSA) is 40.0 Å². The number of aromatic nitrogens is 1. The molecule has 0 aliphatic heterocycles. The molecule has 15 heavy (non-hydrogen) atoms. The Morgan fingerprint density at radius 1 is 1.40 bits per heavy atom. The van der Waals surface area contributed by atoms with Crippen molar-refractivity contribution < 1.29 is 0 Å². The Labute approximate surface area is 91.7 Å². The average molecular weight is 205 g/mol. The van der Waals surface area contributed by atoms with Crippen molar-refractivity contribution in [1.29, 1.82) is 5.41 Å². The van der Waals surface area contributed by atoms with Crippen LogP contribution in [0.2, 0.25) is 0 Å². The highest BCUT2D eigenvalue weighted by Crippen LogP contribution is 2.01. The number of hydrogen-bond donors (Lipinski definition) is 1. The van der Waals surface area contributed by atoms with Crippen LogP contribution in [0.4, 0.5) is 0 Å². The van der Waals surface area contributed by atoms with E-state index in [0.29, 0.717) is 0 Å². The van der Waals surface area contributed by atoms with Crippen LogP contribution in [-0.2, 0) is 6.42 Å². The molecule has 1 N–H and O–H groups in total. The van der Waals surface area contributed by atoms with Gasteiger partial charge in [-0.3, -0.25) is 10.4 Å². The largest absolute Gasteiger partial charge is 0.363 e. The second-order valence-corrected chi connectivity index (χ2v) is 3.72. The molecule has 0 spiro atoms. The minimum atomic E-state index is 0.728. The Hall–Kier alpha value is -1.38. The molecule has 0 bridgehead atoms. The molecule has 82 valence electrons. The van der Waals surface area contributed by atoms with Crippen LogP contribution in [-0.4, -0.2) is 29.3 Å². The predicted molar refractivity (Wildman–Crippen MR) is 63.2 cm³/mol. The fraction of sp³-hybridized carbons (Fsp3) is 0.500. The van der Waals surface area contributed by atoms with E-state index < -0.39 is 0 Å². The van der Waals surface area contributed by atoms with Crippen molar-refractivity contribution in [2.75, 3.05) is 13.6 Å². The summed E-state index contributed by atoms with van der Waals surface area (Å²) in [5.74, 6) is 0.728. The van der Waals surface area contributed by atoms with Crippen LogP contribution in [0.15, 0.2) is 24.5 Å². The third kappa shape index (κ3) is 4.11. The van der Waals surface area contributed by atoms with Gasteiger partial charge in [-0.15, -0.1) is 0 Å². The summed E-state index contributed by atoms with van der Waals surface area (Å²) in [5, 5.41) is 7.77. The lowest BCUT2D eigenvalue weighted by molar-refractivity contribution is 0.491. The molecule has 0 radical (unpaired) electrons. The van der Waals surface area contributed by atoms with E-state index >= 15 is 0 Å². The maximum Gasteiger partial charge on any atom is 0.0955 e. The van der Waals surface area contributed by atoms with Crippen LogP contribution in [0, 0.1) is 5.41 Å². The van der Waals surface area contributed by atoms with Crippen molar-refractivity contribution in [2.24, 2.45) is 0 Å². The van der Waals surface area contributed by atoms with Gasteiger partial charge in [-0.1, -0.05) is 6.92 Å². The molecule has 0 saturated carbocycles. The summed E-state index contributed by atoms with van der Waals surface area (Å²) in [6, 6.07) is 4.05. The van der Waals surface area contributed by atoms with Gasteiger partial charge in [-0.2, -0.15) is 0 Å². The minimum absolute atomic E-state index is 0.728. The number of amidine groups is 1. The lowest BCUT2D eigenvalue weighted by Crippen LogP contribution is -2.27. The van der Waals surface area contributed by atoms with Gasteiger partial charge >= 0.3 is 0 Å². The number of nitrogens with one attached hydrogen (secondary N) is 1. The van der Waals surface area contributed by atoms with Gasteiger partial charge in [0.15, 0.2) is 0 Å². The van der Waals surface area contributed by atoms with Crippen LogP contribution in [0.3, 0.4) is 0 Å². The summed E-state index contributed by atoms with van der Waals surface area (Å²) in [6.45, 7) is 3.01. The molecule has 0 saturated heterocycles. The van der Waals surface area contributed by atoms with E-state index in [-0.39, 0.29) is 0 Å². The van der Waals surface area contributed by atoms with Crippen molar-refractivity contribution in [3.8, 4) is 0 Å². The summed E-state index contributed by atoms with van der Waals surface area (Å²) >= 11 is 0. The molecular formula is C12H19N3. The van der Waals surface area contributed by atoms with E-state index in [1.165, 1.54) is 5.56 Å². The molecule has 1 aromatic rings. The van der Waals surface area contributed by atoms with Gasteiger partial charge in [0.25, 0.3) is 0 Å². The Kier molecular flexibility index (Phi) is 4.81. The van der Waals surface area contributed by atoms with Crippen molar-refractivity contribution in [1.82, 2.24) is 9.88 Å². The highest BCUT2D eigenvalue weighted by molar-refractivity contribution is 5.78. The van der Waals surface area contributed by atoms with Gasteiger partial charge in [0.1, 0.15) is 0 Å². The molecule has 0 fully saturated rings. The van der Waals surface area contributed by atoms with Crippen LogP contribution >= 0.6 is 0 Å². The van der Waals surface area contributed by atoms with Crippen LogP contribution in [0.25, 0.3) is 0 Å². The van der Waals surface area contributed by atoms with Gasteiger partial charge in [0.2, 0.25) is 0 Å². The SMILES string of the molecule is CCCC(=N)N(C)CCc1ccncc1. The summed E-state index contributed by atoms with van der Waals surface area (Å²) in [4.78, 5) is 6.00. The normalized spacial score (nSPS) is 10.0. The zero-order valence-corrected chi connectivity index (χ0v) is 9.53. The Balaban J connectivity index is 2.34. The molecule has 0 unspecified atom stereocenters. The molecule has 1 heterocycles. The molecule has 1 aromatic heterocycles. The zero-order chi connectivity index (χ0) is 11.1. The molecule has 0 aromatic carbocycles. The van der Waals surface area contributed by atoms with Gasteiger partial charge in [-0.25, -0.2) is 0 Å². The van der Waals surface area contributed by atoms with E-state index in [1.807, 2.05) is 36.5 Å². The van der Waals surface area contributed by atoms with Crippen molar-refractivity contribution in [3.05, 3.63) is 30.1 Å². The Bertz CT molecular complexity index is 295. The third-order valence-corrected chi connectivity index (χ3v) is 2.43. The molecule has 0 atom stereocenters. The van der Waals surface area contributed by atoms with Crippen LogP contribution in [0.1, 0.15) is 25.3 Å². The lowest BCUT2D eigenvalue weighted by Gasteiger charge is -2.19. The first-order valence-corrected chi connectivity index (χ1v) is 5.41. The average Bonchev–Trinajstić information content (AvgIpc) is 2.27. The highest BCUT2D eigenvalue weighted by atomic mass is 15.1. The fourth-order valence-corrected chi connectivity index (χ4v) is 1.41. The predicted octanol–water partition coefficient (Wildman–Crippen LogP) is 2.33. The van der Waals surface area contributed by atoms with E-state index in [0.717, 1.165) is 31.6 Å². The highest BCUT2D eigenvalue weighted by Gasteiger charge is 2.02. The van der Waals surface area contributed by atoms with Crippen molar-refractivity contribution in [3.63, 3.8) is 0 Å². The van der Waals surface area contributed by atoms with Gasteiger partial charge in [-0.05, 0) is 30.5 Å². The maximum atomic E-state index is 7.77. The van der Waals surface area contributed by atoms with E-state index in [1.54, 1.807) is 0 Å². The standard InChI is InChI=1S/C12H19N3/c1-3-4-12(13)15(2)10-7-11-5-8-14-9-6-11/h5-6,8-9,13H,3-4,7,10H2,1-2H3. The summed E-state index contributed by atoms with van der Waals surface area (Å²) in [7, 11) is 1.99. The number of hydrogen-bond acceptors (Lipinski definition) is 2. The zero-order valence-electron chi connectivity index (χ0n) is 9.53. The monoisotopic (exact) mass is 205 g/mol. The van der Waals surface area contributed by atoms with Crippen molar-refractivity contribution >= 4 is 5.84 Å². The lowest BCUT2D eigenvalue weighted by atomic mass is 10.2. The second kappa shape index (κ2) is 6.17. The third-order valence-electron chi connectivity index (χ3n) is 2.43. The second-order valence-electron chi connectivity index (χ2n) is 3.72. The molecular weight excluding hydrogens is 186 g/mol. The summed E-state index contributed by atoms with van der Waals surface area (Å²) < 4.78 is 0. The fourth-order valence-electron chi connectivity index (χ4n) is 1.41. The number of rotatable bonds is 5. The first kappa shape index (κ1) is 11.7. The van der Waals surface area contributed by atoms with Crippen molar-refractivity contribution in [2.45, 2.75) is 26.2 Å². The van der Waals surface area contributed by atoms with Gasteiger partial charge in [0, 0.05) is 32.4 Å². The molecule has 1 rings (SSSR count). The number of pyridine rings is 1. The van der Waals surface area contributed by atoms with Crippen LogP contribution < -0.4 is 0 Å². The Morgan fingerprint density at radius 3 is 2.67 bits per heavy atom. The maximum absolute atomic E-state index is 7.77. The smallest absolute Gasteiger partial charge is 0.0955 e. The van der Waals surface area contributed by atoms with E-state index in [9.17, 15) is 0 Å². The Morgan fingerprint density at radius 2 is 2.07 bits per heavy atom.